The fourth-order valence-electron chi connectivity index (χ4n) is 6.26. The summed E-state index contributed by atoms with van der Waals surface area (Å²) in [5.74, 6) is -0.173. The number of ether oxygens (including phenoxy) is 1. The largest absolute Gasteiger partial charge is 0.458 e. The number of aliphatic hydroxyl groups is 3. The van der Waals surface area contributed by atoms with Crippen molar-refractivity contribution >= 4 is 5.97 Å². The van der Waals surface area contributed by atoms with Crippen LogP contribution in [0.4, 0.5) is 0 Å². The average molecular weight is 354 g/mol. The van der Waals surface area contributed by atoms with E-state index in [1.165, 1.54) is 0 Å². The van der Waals surface area contributed by atoms with E-state index in [1.54, 1.807) is 0 Å². The molecule has 4 fully saturated rings. The van der Waals surface area contributed by atoms with Crippen LogP contribution in [0.2, 0.25) is 0 Å². The van der Waals surface area contributed by atoms with Gasteiger partial charge >= 0.3 is 5.97 Å². The summed E-state index contributed by atoms with van der Waals surface area (Å²) in [7, 11) is 0. The predicted octanol–water partition coefficient (Wildman–Crippen LogP) is 2.55. The van der Waals surface area contributed by atoms with Crippen LogP contribution in [-0.4, -0.2) is 44.7 Å². The van der Waals surface area contributed by atoms with Crippen molar-refractivity contribution in [2.45, 2.75) is 95.9 Å². The van der Waals surface area contributed by atoms with Gasteiger partial charge in [0, 0.05) is 19.3 Å². The smallest absolute Gasteiger partial charge is 0.314 e. The number of carbonyl (C=O) groups excluding carboxylic acids is 1. The molecular weight excluding hydrogens is 320 g/mol. The highest BCUT2D eigenvalue weighted by Crippen LogP contribution is 2.61. The molecule has 3 unspecified atom stereocenters. The third kappa shape index (κ3) is 3.47. The third-order valence-corrected chi connectivity index (χ3v) is 6.55. The minimum atomic E-state index is -0.924. The number of rotatable bonds is 5. The molecule has 144 valence electrons. The molecule has 4 bridgehead atoms. The van der Waals surface area contributed by atoms with Crippen molar-refractivity contribution in [1.82, 2.24) is 0 Å². The van der Waals surface area contributed by atoms with Gasteiger partial charge in [-0.05, 0) is 43.4 Å². The van der Waals surface area contributed by atoms with Crippen LogP contribution >= 0.6 is 0 Å². The minimum absolute atomic E-state index is 0.115. The normalized spacial score (nSPS) is 42.3. The number of aliphatic hydroxyl groups excluding tert-OH is 1. The first-order valence-electron chi connectivity index (χ1n) is 9.65. The summed E-state index contributed by atoms with van der Waals surface area (Å²) >= 11 is 0. The summed E-state index contributed by atoms with van der Waals surface area (Å²) in [4.78, 5) is 13.2. The van der Waals surface area contributed by atoms with E-state index in [-0.39, 0.29) is 23.9 Å². The van der Waals surface area contributed by atoms with Crippen molar-refractivity contribution < 1.29 is 24.9 Å². The van der Waals surface area contributed by atoms with E-state index in [4.69, 9.17) is 4.74 Å². The molecule has 5 heteroatoms. The zero-order valence-electron chi connectivity index (χ0n) is 16.1. The molecular formula is C20H34O5. The van der Waals surface area contributed by atoms with Gasteiger partial charge in [0.05, 0.1) is 23.2 Å². The molecule has 0 aromatic carbocycles. The first-order chi connectivity index (χ1) is 11.4. The summed E-state index contributed by atoms with van der Waals surface area (Å²) in [6.45, 7) is 7.82. The Hall–Kier alpha value is -0.650. The second kappa shape index (κ2) is 5.67. The van der Waals surface area contributed by atoms with Crippen molar-refractivity contribution in [2.75, 3.05) is 6.61 Å². The van der Waals surface area contributed by atoms with Crippen LogP contribution in [0, 0.1) is 16.7 Å². The maximum Gasteiger partial charge on any atom is 0.314 e. The number of hydrogen-bond acceptors (Lipinski definition) is 5. The Morgan fingerprint density at radius 1 is 1.08 bits per heavy atom. The average Bonchev–Trinajstić information content (AvgIpc) is 2.39. The Morgan fingerprint density at radius 3 is 2.04 bits per heavy atom. The Balaban J connectivity index is 1.84. The van der Waals surface area contributed by atoms with Gasteiger partial charge in [0.15, 0.2) is 0 Å². The van der Waals surface area contributed by atoms with Crippen molar-refractivity contribution in [3.05, 3.63) is 0 Å². The van der Waals surface area contributed by atoms with Gasteiger partial charge in [-0.2, -0.15) is 0 Å². The van der Waals surface area contributed by atoms with Gasteiger partial charge in [-0.3, -0.25) is 4.79 Å². The molecule has 0 aromatic rings. The summed E-state index contributed by atoms with van der Waals surface area (Å²) < 4.78 is 6.06. The number of hydrogen-bond donors (Lipinski definition) is 3. The monoisotopic (exact) mass is 354 g/mol. The molecule has 3 N–H and O–H groups in total. The molecule has 0 radical (unpaired) electrons. The minimum Gasteiger partial charge on any atom is -0.458 e. The van der Waals surface area contributed by atoms with E-state index < -0.39 is 22.2 Å². The lowest BCUT2D eigenvalue weighted by Gasteiger charge is -2.62. The van der Waals surface area contributed by atoms with Gasteiger partial charge in [0.1, 0.15) is 5.60 Å². The zero-order valence-corrected chi connectivity index (χ0v) is 16.1. The quantitative estimate of drug-likeness (QED) is 0.661. The lowest BCUT2D eigenvalue weighted by Crippen LogP contribution is -2.67. The van der Waals surface area contributed by atoms with Crippen LogP contribution in [0.1, 0.15) is 79.1 Å². The number of carbonyl (C=O) groups is 1. The zero-order chi connectivity index (χ0) is 18.7. The van der Waals surface area contributed by atoms with Crippen molar-refractivity contribution in [1.29, 1.82) is 0 Å². The van der Waals surface area contributed by atoms with Crippen LogP contribution in [0.15, 0.2) is 0 Å². The van der Waals surface area contributed by atoms with E-state index >= 15 is 0 Å². The highest BCUT2D eigenvalue weighted by molar-refractivity contribution is 5.77. The SMILES string of the molecule is CCC(CO)(CC(C)(C)C)C(=O)OC12CC3CC(O)(CC(O)(C3)C1)C2. The van der Waals surface area contributed by atoms with E-state index in [0.29, 0.717) is 51.4 Å². The molecule has 0 aromatic heterocycles. The molecule has 4 rings (SSSR count). The molecule has 4 aliphatic rings. The van der Waals surface area contributed by atoms with Gasteiger partial charge in [0.25, 0.3) is 0 Å². The molecule has 5 nitrogen and oxygen atoms in total. The fraction of sp³-hybridized carbons (Fsp3) is 0.950. The summed E-state index contributed by atoms with van der Waals surface area (Å²) in [5.41, 5.74) is -3.67. The van der Waals surface area contributed by atoms with Crippen molar-refractivity contribution in [2.24, 2.45) is 16.7 Å². The van der Waals surface area contributed by atoms with E-state index in [9.17, 15) is 20.1 Å². The van der Waals surface area contributed by atoms with Crippen LogP contribution in [0.5, 0.6) is 0 Å². The number of esters is 1. The molecule has 0 amide bonds. The highest BCUT2D eigenvalue weighted by atomic mass is 16.6. The third-order valence-electron chi connectivity index (χ3n) is 6.55. The molecule has 0 aliphatic heterocycles. The second-order valence-corrected chi connectivity index (χ2v) is 10.6. The molecule has 0 saturated heterocycles. The molecule has 25 heavy (non-hydrogen) atoms. The van der Waals surface area contributed by atoms with E-state index in [2.05, 4.69) is 20.8 Å². The van der Waals surface area contributed by atoms with Gasteiger partial charge in [-0.1, -0.05) is 27.7 Å². The highest BCUT2D eigenvalue weighted by Gasteiger charge is 2.65. The van der Waals surface area contributed by atoms with E-state index in [1.807, 2.05) is 6.92 Å². The van der Waals surface area contributed by atoms with Gasteiger partial charge in [-0.25, -0.2) is 0 Å². The molecule has 0 heterocycles. The summed E-state index contributed by atoms with van der Waals surface area (Å²) in [6.07, 6.45) is 4.34. The standard InChI is InChI=1S/C20H34O5/c1-5-17(13-21,9-16(2,3)4)15(22)25-20-8-14-6-18(23,11-20)10-19(24,7-14)12-20/h14,21,23-24H,5-13H2,1-4H3. The maximum atomic E-state index is 13.2. The van der Waals surface area contributed by atoms with Crippen LogP contribution in [-0.2, 0) is 9.53 Å². The fourth-order valence-corrected chi connectivity index (χ4v) is 6.26. The molecule has 3 atom stereocenters. The second-order valence-electron chi connectivity index (χ2n) is 10.6. The Morgan fingerprint density at radius 2 is 1.64 bits per heavy atom. The van der Waals surface area contributed by atoms with Crippen LogP contribution in [0.25, 0.3) is 0 Å². The predicted molar refractivity (Wildman–Crippen MR) is 93.8 cm³/mol. The Bertz CT molecular complexity index is 527. The summed E-state index contributed by atoms with van der Waals surface area (Å²) in [5, 5.41) is 31.7. The Kier molecular flexibility index (Phi) is 4.34. The van der Waals surface area contributed by atoms with E-state index in [0.717, 1.165) is 0 Å². The van der Waals surface area contributed by atoms with Gasteiger partial charge in [0.2, 0.25) is 0 Å². The van der Waals surface area contributed by atoms with Gasteiger partial charge < -0.3 is 20.1 Å². The van der Waals surface area contributed by atoms with Gasteiger partial charge in [-0.15, -0.1) is 0 Å². The first kappa shape index (κ1) is 19.1. The Labute approximate surface area is 150 Å². The van der Waals surface area contributed by atoms with Crippen molar-refractivity contribution in [3.63, 3.8) is 0 Å². The topological polar surface area (TPSA) is 87.0 Å². The van der Waals surface area contributed by atoms with Crippen molar-refractivity contribution in [3.8, 4) is 0 Å². The molecule has 0 spiro atoms. The maximum absolute atomic E-state index is 13.2. The summed E-state index contributed by atoms with van der Waals surface area (Å²) in [6, 6.07) is 0. The first-order valence-corrected chi connectivity index (χ1v) is 9.65. The lowest BCUT2D eigenvalue weighted by atomic mass is 9.50. The van der Waals surface area contributed by atoms with Crippen LogP contribution in [0.3, 0.4) is 0 Å². The van der Waals surface area contributed by atoms with Crippen LogP contribution < -0.4 is 0 Å². The molecule has 4 saturated carbocycles. The lowest BCUT2D eigenvalue weighted by molar-refractivity contribution is -0.265. The molecule has 4 aliphatic carbocycles.